The van der Waals surface area contributed by atoms with Crippen molar-refractivity contribution in [3.8, 4) is 0 Å². The van der Waals surface area contributed by atoms with Crippen LogP contribution >= 0.6 is 0 Å². The summed E-state index contributed by atoms with van der Waals surface area (Å²) in [5.41, 5.74) is -4.69. The molecule has 0 aliphatic carbocycles. The van der Waals surface area contributed by atoms with Crippen LogP contribution in [-0.2, 0) is 18.0 Å². The Bertz CT molecular complexity index is 688. The van der Waals surface area contributed by atoms with Gasteiger partial charge in [-0.2, -0.15) is 26.3 Å². The molecule has 0 amide bonds. The number of benzene rings is 2. The van der Waals surface area contributed by atoms with E-state index < -0.39 is 29.1 Å². The molecule has 2 aromatic carbocycles. The van der Waals surface area contributed by atoms with Gasteiger partial charge < -0.3 is 5.11 Å². The van der Waals surface area contributed by atoms with Crippen molar-refractivity contribution in [2.24, 2.45) is 0 Å². The third kappa shape index (κ3) is 3.46. The molecular weight excluding hydrogens is 334 g/mol. The van der Waals surface area contributed by atoms with E-state index >= 15 is 0 Å². The molecule has 1 nitrogen and oxygen atoms in total. The molecule has 0 heterocycles. The van der Waals surface area contributed by atoms with Crippen molar-refractivity contribution >= 4 is 0 Å². The molecule has 0 fully saturated rings. The summed E-state index contributed by atoms with van der Waals surface area (Å²) in [5.74, 6) is 0. The summed E-state index contributed by atoms with van der Waals surface area (Å²) in [6.45, 7) is 3.36. The average Bonchev–Trinajstić information content (AvgIpc) is 2.53. The van der Waals surface area contributed by atoms with Gasteiger partial charge in [0, 0.05) is 0 Å². The predicted octanol–water partition coefficient (Wildman–Crippen LogP) is 5.15. The van der Waals surface area contributed by atoms with Gasteiger partial charge in [-0.25, -0.2) is 0 Å². The number of halogens is 6. The van der Waals surface area contributed by atoms with Gasteiger partial charge in [0.25, 0.3) is 0 Å². The smallest absolute Gasteiger partial charge is 0.377 e. The van der Waals surface area contributed by atoms with Crippen LogP contribution in [0.15, 0.2) is 61.2 Å². The van der Waals surface area contributed by atoms with E-state index in [-0.39, 0.29) is 11.1 Å². The van der Waals surface area contributed by atoms with E-state index in [1.54, 1.807) is 0 Å². The second kappa shape index (κ2) is 5.98. The van der Waals surface area contributed by atoms with Crippen LogP contribution in [0.4, 0.5) is 26.3 Å². The Hall–Kier alpha value is -2.28. The molecule has 24 heavy (non-hydrogen) atoms. The number of alkyl halides is 6. The standard InChI is InChI=1S/C17H12F6O/c1-2-15(24,11-5-3-7-13(9-11)16(18,19)20)12-6-4-8-14(10-12)17(21,22)23/h2-10,24H,1H2. The molecule has 0 saturated heterocycles. The lowest BCUT2D eigenvalue weighted by Crippen LogP contribution is -2.25. The number of aliphatic hydroxyl groups is 1. The topological polar surface area (TPSA) is 20.2 Å². The minimum atomic E-state index is -4.65. The third-order valence-electron chi connectivity index (χ3n) is 3.56. The summed E-state index contributed by atoms with van der Waals surface area (Å²) in [7, 11) is 0. The van der Waals surface area contributed by atoms with Gasteiger partial charge in [-0.3, -0.25) is 0 Å². The summed E-state index contributed by atoms with van der Waals surface area (Å²) in [6, 6.07) is 7.50. The fourth-order valence-electron chi connectivity index (χ4n) is 2.27. The molecule has 0 radical (unpaired) electrons. The number of hydrogen-bond acceptors (Lipinski definition) is 1. The maximum Gasteiger partial charge on any atom is 0.416 e. The lowest BCUT2D eigenvalue weighted by atomic mass is 9.85. The Morgan fingerprint density at radius 2 is 1.04 bits per heavy atom. The van der Waals surface area contributed by atoms with Crippen LogP contribution in [0.5, 0.6) is 0 Å². The van der Waals surface area contributed by atoms with Gasteiger partial charge in [0.15, 0.2) is 0 Å². The van der Waals surface area contributed by atoms with Gasteiger partial charge in [-0.15, -0.1) is 0 Å². The predicted molar refractivity (Wildman–Crippen MR) is 76.1 cm³/mol. The summed E-state index contributed by atoms with van der Waals surface area (Å²) >= 11 is 0. The third-order valence-corrected chi connectivity index (χ3v) is 3.56. The fourth-order valence-corrected chi connectivity index (χ4v) is 2.27. The van der Waals surface area contributed by atoms with Crippen molar-refractivity contribution < 1.29 is 31.4 Å². The van der Waals surface area contributed by atoms with Crippen molar-refractivity contribution in [2.45, 2.75) is 18.0 Å². The zero-order valence-corrected chi connectivity index (χ0v) is 12.1. The van der Waals surface area contributed by atoms with Crippen LogP contribution < -0.4 is 0 Å². The maximum absolute atomic E-state index is 12.8. The van der Waals surface area contributed by atoms with E-state index in [4.69, 9.17) is 0 Å². The average molecular weight is 346 g/mol. The molecule has 1 N–H and O–H groups in total. The number of hydrogen-bond donors (Lipinski definition) is 1. The highest BCUT2D eigenvalue weighted by Gasteiger charge is 2.36. The summed E-state index contributed by atoms with van der Waals surface area (Å²) in [5, 5.41) is 10.7. The van der Waals surface area contributed by atoms with E-state index in [1.165, 1.54) is 12.1 Å². The normalized spacial score (nSPS) is 13.0. The van der Waals surface area contributed by atoms with Crippen molar-refractivity contribution in [1.29, 1.82) is 0 Å². The molecule has 2 rings (SSSR count). The first-order valence-corrected chi connectivity index (χ1v) is 6.70. The van der Waals surface area contributed by atoms with Crippen molar-refractivity contribution in [3.63, 3.8) is 0 Å². The van der Waals surface area contributed by atoms with E-state index in [0.717, 1.165) is 30.3 Å². The zero-order chi connectivity index (χ0) is 18.2. The van der Waals surface area contributed by atoms with Crippen LogP contribution in [0, 0.1) is 0 Å². The minimum absolute atomic E-state index is 0.230. The Kier molecular flexibility index (Phi) is 4.50. The lowest BCUT2D eigenvalue weighted by molar-refractivity contribution is -0.138. The largest absolute Gasteiger partial charge is 0.416 e. The Balaban J connectivity index is 2.60. The molecule has 0 aliphatic heterocycles. The Morgan fingerprint density at radius 3 is 1.33 bits per heavy atom. The van der Waals surface area contributed by atoms with Crippen molar-refractivity contribution in [3.05, 3.63) is 83.4 Å². The molecule has 0 aromatic heterocycles. The van der Waals surface area contributed by atoms with Gasteiger partial charge in [0.2, 0.25) is 0 Å². The highest BCUT2D eigenvalue weighted by Crippen LogP contribution is 2.38. The number of rotatable bonds is 3. The van der Waals surface area contributed by atoms with E-state index in [0.29, 0.717) is 12.1 Å². The van der Waals surface area contributed by atoms with Crippen LogP contribution in [0.1, 0.15) is 22.3 Å². The lowest BCUT2D eigenvalue weighted by Gasteiger charge is -2.27. The van der Waals surface area contributed by atoms with Gasteiger partial charge in [0.1, 0.15) is 5.60 Å². The van der Waals surface area contributed by atoms with E-state index in [1.807, 2.05) is 0 Å². The summed E-state index contributed by atoms with van der Waals surface area (Å²) in [4.78, 5) is 0. The van der Waals surface area contributed by atoms with Crippen LogP contribution in [0.3, 0.4) is 0 Å². The summed E-state index contributed by atoms with van der Waals surface area (Å²) < 4.78 is 77.0. The molecule has 0 atom stereocenters. The maximum atomic E-state index is 12.8. The molecular formula is C17H12F6O. The van der Waals surface area contributed by atoms with Crippen LogP contribution in [0.2, 0.25) is 0 Å². The molecule has 0 bridgehead atoms. The zero-order valence-electron chi connectivity index (χ0n) is 12.1. The fraction of sp³-hybridized carbons (Fsp3) is 0.176. The first-order chi connectivity index (χ1) is 11.0. The van der Waals surface area contributed by atoms with Crippen LogP contribution in [-0.4, -0.2) is 5.11 Å². The Labute approximate surface area is 133 Å². The van der Waals surface area contributed by atoms with Crippen molar-refractivity contribution in [2.75, 3.05) is 0 Å². The van der Waals surface area contributed by atoms with Crippen molar-refractivity contribution in [1.82, 2.24) is 0 Å². The minimum Gasteiger partial charge on any atom is -0.377 e. The van der Waals surface area contributed by atoms with E-state index in [9.17, 15) is 31.4 Å². The molecule has 128 valence electrons. The first-order valence-electron chi connectivity index (χ1n) is 6.70. The quantitative estimate of drug-likeness (QED) is 0.602. The summed E-state index contributed by atoms with van der Waals surface area (Å²) in [6.07, 6.45) is -8.39. The van der Waals surface area contributed by atoms with Gasteiger partial charge in [-0.1, -0.05) is 36.9 Å². The first kappa shape index (κ1) is 18.1. The second-order valence-corrected chi connectivity index (χ2v) is 5.13. The van der Waals surface area contributed by atoms with Crippen LogP contribution in [0.25, 0.3) is 0 Å². The molecule has 2 aromatic rings. The van der Waals surface area contributed by atoms with Gasteiger partial charge in [0.05, 0.1) is 11.1 Å². The molecule has 0 aliphatic rings. The van der Waals surface area contributed by atoms with E-state index in [2.05, 4.69) is 6.58 Å². The molecule has 0 spiro atoms. The highest BCUT2D eigenvalue weighted by atomic mass is 19.4. The molecule has 0 saturated carbocycles. The monoisotopic (exact) mass is 346 g/mol. The van der Waals surface area contributed by atoms with Gasteiger partial charge in [-0.05, 0) is 35.4 Å². The van der Waals surface area contributed by atoms with Gasteiger partial charge >= 0.3 is 12.4 Å². The second-order valence-electron chi connectivity index (χ2n) is 5.13. The SMILES string of the molecule is C=CC(O)(c1cccc(C(F)(F)F)c1)c1cccc(C(F)(F)F)c1. The Morgan fingerprint density at radius 1 is 0.708 bits per heavy atom. The highest BCUT2D eigenvalue weighted by molar-refractivity contribution is 5.44. The molecule has 7 heteroatoms. The molecule has 0 unspecified atom stereocenters.